The van der Waals surface area contributed by atoms with Crippen molar-refractivity contribution in [1.29, 1.82) is 0 Å². The molecule has 1 saturated carbocycles. The molecule has 2 fully saturated rings. The average molecular weight is 615 g/mol. The van der Waals surface area contributed by atoms with E-state index in [1.54, 1.807) is 11.3 Å². The molecule has 2 aliphatic rings. The summed E-state index contributed by atoms with van der Waals surface area (Å²) in [5.41, 5.74) is 1.89. The molecule has 0 unspecified atom stereocenters. The standard InChI is InChI=1S/C32H50N6O2S2/c1-6-17-36(20-21-41-35(4)5)23-29-22-33-31(42-29)34-32(40)38(27-13-9-25(3)10-14-27)28-15-18-37(19-16-28)30(39)26-11-7-24(2)8-12-26/h7-8,11-12,22,25,27-28H,6,9-10,13-21,23H2,1-5H3,(H,33,34,40). The third-order valence-electron chi connectivity index (χ3n) is 8.50. The quantitative estimate of drug-likeness (QED) is 0.272. The minimum absolute atomic E-state index is 0.0356. The van der Waals surface area contributed by atoms with Gasteiger partial charge in [0.1, 0.15) is 0 Å². The molecule has 42 heavy (non-hydrogen) atoms. The molecule has 1 aromatic carbocycles. The number of carbonyl (C=O) groups excluding carboxylic acids is 2. The maximum absolute atomic E-state index is 13.9. The number of nitrogens with zero attached hydrogens (tertiary/aromatic N) is 5. The van der Waals surface area contributed by atoms with Gasteiger partial charge in [-0.05, 0) is 90.6 Å². The molecule has 1 aromatic heterocycles. The fourth-order valence-corrected chi connectivity index (χ4v) is 7.68. The van der Waals surface area contributed by atoms with E-state index in [2.05, 4.69) is 52.3 Å². The first-order chi connectivity index (χ1) is 20.2. The van der Waals surface area contributed by atoms with Crippen molar-refractivity contribution in [1.82, 2.24) is 24.0 Å². The molecule has 3 amide bonds. The summed E-state index contributed by atoms with van der Waals surface area (Å²) in [6.07, 6.45) is 9.02. The molecule has 4 rings (SSSR count). The summed E-state index contributed by atoms with van der Waals surface area (Å²) in [6, 6.07) is 8.14. The van der Waals surface area contributed by atoms with E-state index in [0.29, 0.717) is 24.1 Å². The largest absolute Gasteiger partial charge is 0.338 e. The lowest BCUT2D eigenvalue weighted by Gasteiger charge is -2.44. The molecular weight excluding hydrogens is 565 g/mol. The van der Waals surface area contributed by atoms with Crippen molar-refractivity contribution in [2.45, 2.75) is 84.3 Å². The first-order valence-electron chi connectivity index (χ1n) is 15.7. The van der Waals surface area contributed by atoms with E-state index >= 15 is 0 Å². The van der Waals surface area contributed by atoms with Crippen molar-refractivity contribution < 1.29 is 9.59 Å². The number of hydrogen-bond donors (Lipinski definition) is 1. The summed E-state index contributed by atoms with van der Waals surface area (Å²) in [5.74, 6) is 1.85. The fraction of sp³-hybridized carbons (Fsp3) is 0.656. The summed E-state index contributed by atoms with van der Waals surface area (Å²) >= 11 is 3.42. The number of amides is 3. The number of anilines is 1. The van der Waals surface area contributed by atoms with Gasteiger partial charge in [0.2, 0.25) is 0 Å². The highest BCUT2D eigenvalue weighted by Crippen LogP contribution is 2.32. The number of hydrogen-bond acceptors (Lipinski definition) is 7. The Labute approximate surface area is 261 Å². The van der Waals surface area contributed by atoms with Gasteiger partial charge in [-0.2, -0.15) is 0 Å². The number of urea groups is 1. The predicted octanol–water partition coefficient (Wildman–Crippen LogP) is 6.59. The Balaban J connectivity index is 1.38. The van der Waals surface area contributed by atoms with E-state index in [1.165, 1.54) is 4.88 Å². The lowest BCUT2D eigenvalue weighted by atomic mass is 9.85. The third-order valence-corrected chi connectivity index (χ3v) is 10.3. The second-order valence-corrected chi connectivity index (χ2v) is 14.7. The van der Waals surface area contributed by atoms with Crippen LogP contribution in [0.3, 0.4) is 0 Å². The zero-order valence-electron chi connectivity index (χ0n) is 26.2. The first kappa shape index (κ1) is 32.8. The van der Waals surface area contributed by atoms with Crippen LogP contribution < -0.4 is 5.32 Å². The van der Waals surface area contributed by atoms with E-state index in [4.69, 9.17) is 0 Å². The van der Waals surface area contributed by atoms with E-state index in [0.717, 1.165) is 81.5 Å². The molecule has 2 heterocycles. The number of carbonyl (C=O) groups is 2. The molecule has 1 saturated heterocycles. The maximum Gasteiger partial charge on any atom is 0.324 e. The van der Waals surface area contributed by atoms with E-state index < -0.39 is 0 Å². The Bertz CT molecular complexity index is 1120. The average Bonchev–Trinajstić information content (AvgIpc) is 3.41. The van der Waals surface area contributed by atoms with Gasteiger partial charge >= 0.3 is 6.03 Å². The lowest BCUT2D eigenvalue weighted by molar-refractivity contribution is 0.0580. The highest BCUT2D eigenvalue weighted by molar-refractivity contribution is 7.97. The van der Waals surface area contributed by atoms with Crippen molar-refractivity contribution >= 4 is 40.4 Å². The van der Waals surface area contributed by atoms with Gasteiger partial charge in [0, 0.05) is 60.7 Å². The van der Waals surface area contributed by atoms with Gasteiger partial charge in [0.25, 0.3) is 5.91 Å². The zero-order valence-corrected chi connectivity index (χ0v) is 27.8. The number of rotatable bonds is 12. The molecule has 1 N–H and O–H groups in total. The SMILES string of the molecule is CCCN(CCSN(C)C)Cc1cnc(NC(=O)N(C2CCC(C)CC2)C2CCN(C(=O)c3ccc(C)cc3)CC2)s1. The van der Waals surface area contributed by atoms with Crippen LogP contribution in [-0.4, -0.2) is 94.0 Å². The Morgan fingerprint density at radius 2 is 1.69 bits per heavy atom. The van der Waals surface area contributed by atoms with Gasteiger partial charge in [-0.3, -0.25) is 19.3 Å². The van der Waals surface area contributed by atoms with Crippen LogP contribution in [0.5, 0.6) is 0 Å². The van der Waals surface area contributed by atoms with Gasteiger partial charge in [-0.25, -0.2) is 9.78 Å². The Hall–Kier alpha value is -2.14. The second-order valence-electron chi connectivity index (χ2n) is 12.2. The fourth-order valence-electron chi connectivity index (χ4n) is 6.13. The molecule has 232 valence electrons. The van der Waals surface area contributed by atoms with Crippen LogP contribution in [0.1, 0.15) is 79.6 Å². The highest BCUT2D eigenvalue weighted by Gasteiger charge is 2.36. The number of piperidine rings is 1. The Morgan fingerprint density at radius 3 is 2.33 bits per heavy atom. The Kier molecular flexibility index (Phi) is 12.5. The summed E-state index contributed by atoms with van der Waals surface area (Å²) in [6.45, 7) is 10.8. The van der Waals surface area contributed by atoms with Crippen LogP contribution in [0.4, 0.5) is 9.93 Å². The van der Waals surface area contributed by atoms with E-state index in [-0.39, 0.29) is 24.0 Å². The van der Waals surface area contributed by atoms with E-state index in [9.17, 15) is 9.59 Å². The van der Waals surface area contributed by atoms with Gasteiger partial charge in [0.15, 0.2) is 5.13 Å². The summed E-state index contributed by atoms with van der Waals surface area (Å²) in [4.78, 5) is 39.3. The Morgan fingerprint density at radius 1 is 1.02 bits per heavy atom. The van der Waals surface area contributed by atoms with Crippen LogP contribution in [0, 0.1) is 12.8 Å². The molecule has 1 aliphatic carbocycles. The molecule has 2 aromatic rings. The third kappa shape index (κ3) is 9.43. The summed E-state index contributed by atoms with van der Waals surface area (Å²) in [7, 11) is 4.16. The van der Waals surface area contributed by atoms with Crippen molar-refractivity contribution in [2.24, 2.45) is 5.92 Å². The number of aryl methyl sites for hydroxylation is 1. The van der Waals surface area contributed by atoms with Gasteiger partial charge in [-0.15, -0.1) is 11.3 Å². The van der Waals surface area contributed by atoms with Gasteiger partial charge in [0.05, 0.1) is 0 Å². The second kappa shape index (κ2) is 16.1. The van der Waals surface area contributed by atoms with Crippen LogP contribution in [0.15, 0.2) is 30.5 Å². The van der Waals surface area contributed by atoms with Crippen LogP contribution in [-0.2, 0) is 6.54 Å². The molecule has 10 heteroatoms. The monoisotopic (exact) mass is 614 g/mol. The molecule has 1 aliphatic heterocycles. The van der Waals surface area contributed by atoms with Gasteiger partial charge < -0.3 is 9.80 Å². The normalized spacial score (nSPS) is 19.8. The van der Waals surface area contributed by atoms with Crippen LogP contribution >= 0.6 is 23.3 Å². The van der Waals surface area contributed by atoms with E-state index in [1.807, 2.05) is 54.2 Å². The van der Waals surface area contributed by atoms with Crippen LogP contribution in [0.25, 0.3) is 0 Å². The highest BCUT2D eigenvalue weighted by atomic mass is 32.2. The van der Waals surface area contributed by atoms with Crippen molar-refractivity contribution in [3.05, 3.63) is 46.5 Å². The molecule has 0 atom stereocenters. The molecule has 0 bridgehead atoms. The minimum Gasteiger partial charge on any atom is -0.338 e. The molecule has 0 spiro atoms. The summed E-state index contributed by atoms with van der Waals surface area (Å²) in [5, 5.41) is 3.86. The van der Waals surface area contributed by atoms with Gasteiger partial charge in [-0.1, -0.05) is 43.5 Å². The lowest BCUT2D eigenvalue weighted by Crippen LogP contribution is -2.54. The van der Waals surface area contributed by atoms with Crippen LogP contribution in [0.2, 0.25) is 0 Å². The number of nitrogens with one attached hydrogen (secondary N) is 1. The molecule has 0 radical (unpaired) electrons. The first-order valence-corrected chi connectivity index (χ1v) is 17.4. The number of thiazole rings is 1. The molecule has 8 nitrogen and oxygen atoms in total. The zero-order chi connectivity index (χ0) is 30.1. The minimum atomic E-state index is -0.0356. The van der Waals surface area contributed by atoms with Crippen molar-refractivity contribution in [3.8, 4) is 0 Å². The smallest absolute Gasteiger partial charge is 0.324 e. The van der Waals surface area contributed by atoms with Crippen molar-refractivity contribution in [3.63, 3.8) is 0 Å². The number of benzene rings is 1. The molecular formula is C32H50N6O2S2. The predicted molar refractivity (Wildman–Crippen MR) is 176 cm³/mol. The number of likely N-dealkylation sites (tertiary alicyclic amines) is 1. The maximum atomic E-state index is 13.9. The number of aromatic nitrogens is 1. The topological polar surface area (TPSA) is 72.0 Å². The van der Waals surface area contributed by atoms with Crippen molar-refractivity contribution in [2.75, 3.05) is 51.3 Å². The summed E-state index contributed by atoms with van der Waals surface area (Å²) < 4.78 is 2.15.